The Morgan fingerprint density at radius 3 is 2.53 bits per heavy atom. The molecule has 34 heavy (non-hydrogen) atoms. The van der Waals surface area contributed by atoms with Crippen LogP contribution in [0.25, 0.3) is 11.1 Å². The third kappa shape index (κ3) is 5.97. The minimum absolute atomic E-state index is 0.00874. The third-order valence-electron chi connectivity index (χ3n) is 5.14. The lowest BCUT2D eigenvalue weighted by atomic mass is 10.0. The first kappa shape index (κ1) is 26.2. The van der Waals surface area contributed by atoms with E-state index in [2.05, 4.69) is 31.5 Å². The van der Waals surface area contributed by atoms with Gasteiger partial charge >= 0.3 is 6.03 Å². The maximum atomic E-state index is 13.4. The lowest BCUT2D eigenvalue weighted by Gasteiger charge is -2.17. The van der Waals surface area contributed by atoms with E-state index >= 15 is 0 Å². The first-order chi connectivity index (χ1) is 16.3. The highest BCUT2D eigenvalue weighted by Crippen LogP contribution is 2.36. The number of benzene rings is 1. The Hall–Kier alpha value is -2.43. The standard InChI is InChI=1S/C24H27BrN4O3S2/c1-5-6-10-29-11-9-16(17-13-15(25)7-8-18(17)30)20(23(29)31)27-24(32)28-21-19(33-3)12-14(2)26-22(21)34-4/h7-9,11-13,30H,5-6,10H2,1-4H3,(H2,27,28,32). The predicted octanol–water partition coefficient (Wildman–Crippen LogP) is 6.57. The molecule has 0 fully saturated rings. The quantitative estimate of drug-likeness (QED) is 0.268. The minimum atomic E-state index is -0.558. The second kappa shape index (κ2) is 11.8. The van der Waals surface area contributed by atoms with Crippen LogP contribution in [0.1, 0.15) is 25.5 Å². The number of carbonyl (C=O) groups excluding carboxylic acids is 1. The van der Waals surface area contributed by atoms with Crippen LogP contribution in [-0.4, -0.2) is 33.2 Å². The van der Waals surface area contributed by atoms with Gasteiger partial charge in [0.25, 0.3) is 5.56 Å². The molecule has 1 aromatic carbocycles. The van der Waals surface area contributed by atoms with Gasteiger partial charge < -0.3 is 20.3 Å². The number of amides is 2. The van der Waals surface area contributed by atoms with E-state index in [1.165, 1.54) is 23.5 Å². The smallest absolute Gasteiger partial charge is 0.323 e. The zero-order valence-corrected chi connectivity index (χ0v) is 22.7. The molecule has 0 saturated carbocycles. The number of carbonyl (C=O) groups is 1. The molecule has 180 valence electrons. The Bertz CT molecular complexity index is 1240. The van der Waals surface area contributed by atoms with Gasteiger partial charge in [-0.25, -0.2) is 9.78 Å². The van der Waals surface area contributed by atoms with Crippen molar-refractivity contribution in [3.05, 3.63) is 57.0 Å². The number of unbranched alkanes of at least 4 members (excludes halogenated alkanes) is 1. The van der Waals surface area contributed by atoms with Crippen molar-refractivity contribution in [2.75, 3.05) is 23.1 Å². The fourth-order valence-electron chi connectivity index (χ4n) is 3.45. The lowest BCUT2D eigenvalue weighted by Crippen LogP contribution is -2.29. The van der Waals surface area contributed by atoms with Crippen LogP contribution in [0.5, 0.6) is 5.75 Å². The summed E-state index contributed by atoms with van der Waals surface area (Å²) in [5, 5.41) is 16.8. The monoisotopic (exact) mass is 562 g/mol. The maximum Gasteiger partial charge on any atom is 0.323 e. The third-order valence-corrected chi connectivity index (χ3v) is 7.07. The number of phenolic OH excluding ortho intramolecular Hbond substituents is 1. The number of nitrogens with one attached hydrogen (secondary N) is 2. The van der Waals surface area contributed by atoms with Gasteiger partial charge in [-0.3, -0.25) is 4.79 Å². The first-order valence-electron chi connectivity index (χ1n) is 10.7. The van der Waals surface area contributed by atoms with Gasteiger partial charge in [-0.1, -0.05) is 29.3 Å². The summed E-state index contributed by atoms with van der Waals surface area (Å²) in [5.74, 6) is 0.00874. The van der Waals surface area contributed by atoms with Gasteiger partial charge in [0.15, 0.2) is 0 Å². The Balaban J connectivity index is 2.05. The molecule has 3 N–H and O–H groups in total. The molecule has 3 rings (SSSR count). The molecule has 0 aliphatic rings. The number of nitrogens with zero attached hydrogens (tertiary/aromatic N) is 2. The molecule has 3 aromatic rings. The number of halogens is 1. The molecule has 2 amide bonds. The number of aromatic hydroxyl groups is 1. The number of rotatable bonds is 8. The number of anilines is 2. The van der Waals surface area contributed by atoms with E-state index in [1.54, 1.807) is 35.0 Å². The molecule has 2 aromatic heterocycles. The molecular formula is C24H27BrN4O3S2. The van der Waals surface area contributed by atoms with E-state index in [1.807, 2.05) is 32.4 Å². The fourth-order valence-corrected chi connectivity index (χ4v) is 5.11. The second-order valence-electron chi connectivity index (χ2n) is 7.55. The van der Waals surface area contributed by atoms with Crippen molar-refractivity contribution in [3.8, 4) is 16.9 Å². The largest absolute Gasteiger partial charge is 0.507 e. The molecule has 0 saturated heterocycles. The van der Waals surface area contributed by atoms with E-state index < -0.39 is 6.03 Å². The fraction of sp³-hybridized carbons (Fsp3) is 0.292. The zero-order chi connectivity index (χ0) is 24.8. The summed E-state index contributed by atoms with van der Waals surface area (Å²) in [6.45, 7) is 4.49. The number of phenols is 1. The van der Waals surface area contributed by atoms with Crippen LogP contribution in [0.4, 0.5) is 16.2 Å². The van der Waals surface area contributed by atoms with Gasteiger partial charge in [0.2, 0.25) is 0 Å². The molecule has 7 nitrogen and oxygen atoms in total. The normalized spacial score (nSPS) is 10.9. The van der Waals surface area contributed by atoms with Crippen molar-refractivity contribution in [1.82, 2.24) is 9.55 Å². The summed E-state index contributed by atoms with van der Waals surface area (Å²) < 4.78 is 2.32. The van der Waals surface area contributed by atoms with Crippen LogP contribution in [0.3, 0.4) is 0 Å². The SMILES string of the molecule is CCCCn1ccc(-c2cc(Br)ccc2O)c(NC(=O)Nc2c(SC)cc(C)nc2SC)c1=O. The van der Waals surface area contributed by atoms with Gasteiger partial charge in [-0.05, 0) is 56.2 Å². The number of aromatic nitrogens is 2. The summed E-state index contributed by atoms with van der Waals surface area (Å²) >= 11 is 6.35. The number of hydrogen-bond acceptors (Lipinski definition) is 6. The average molecular weight is 564 g/mol. The molecule has 0 aliphatic carbocycles. The zero-order valence-electron chi connectivity index (χ0n) is 19.4. The molecular weight excluding hydrogens is 536 g/mol. The van der Waals surface area contributed by atoms with E-state index in [9.17, 15) is 14.7 Å². The van der Waals surface area contributed by atoms with Gasteiger partial charge in [-0.15, -0.1) is 23.5 Å². The lowest BCUT2D eigenvalue weighted by molar-refractivity contribution is 0.262. The number of urea groups is 1. The van der Waals surface area contributed by atoms with Gasteiger partial charge in [-0.2, -0.15) is 0 Å². The van der Waals surface area contributed by atoms with Crippen molar-refractivity contribution in [3.63, 3.8) is 0 Å². The van der Waals surface area contributed by atoms with Crippen molar-refractivity contribution < 1.29 is 9.90 Å². The van der Waals surface area contributed by atoms with Crippen LogP contribution in [0.15, 0.2) is 55.7 Å². The minimum Gasteiger partial charge on any atom is -0.507 e. The summed E-state index contributed by atoms with van der Waals surface area (Å²) in [7, 11) is 0. The van der Waals surface area contributed by atoms with E-state index in [0.717, 1.165) is 27.9 Å². The molecule has 2 heterocycles. The highest BCUT2D eigenvalue weighted by Gasteiger charge is 2.19. The van der Waals surface area contributed by atoms with Crippen LogP contribution in [0, 0.1) is 6.92 Å². The van der Waals surface area contributed by atoms with E-state index in [0.29, 0.717) is 28.4 Å². The number of aryl methyl sites for hydroxylation is 2. The summed E-state index contributed by atoms with van der Waals surface area (Å²) in [6.07, 6.45) is 7.28. The molecule has 0 aliphatic heterocycles. The van der Waals surface area contributed by atoms with Crippen LogP contribution in [-0.2, 0) is 6.54 Å². The van der Waals surface area contributed by atoms with Gasteiger partial charge in [0, 0.05) is 38.9 Å². The molecule has 0 bridgehead atoms. The average Bonchev–Trinajstić information content (AvgIpc) is 2.82. The first-order valence-corrected chi connectivity index (χ1v) is 13.9. The predicted molar refractivity (Wildman–Crippen MR) is 146 cm³/mol. The summed E-state index contributed by atoms with van der Waals surface area (Å²) in [5.41, 5.74) is 2.09. The molecule has 0 atom stereocenters. The highest BCUT2D eigenvalue weighted by molar-refractivity contribution is 9.10. The highest BCUT2D eigenvalue weighted by atomic mass is 79.9. The maximum absolute atomic E-state index is 13.4. The van der Waals surface area contributed by atoms with Crippen LogP contribution >= 0.6 is 39.5 Å². The van der Waals surface area contributed by atoms with Crippen LogP contribution < -0.4 is 16.2 Å². The summed E-state index contributed by atoms with van der Waals surface area (Å²) in [6, 6.07) is 8.05. The second-order valence-corrected chi connectivity index (χ2v) is 10.1. The number of thioether (sulfide) groups is 2. The summed E-state index contributed by atoms with van der Waals surface area (Å²) in [4.78, 5) is 31.9. The van der Waals surface area contributed by atoms with Crippen molar-refractivity contribution in [2.24, 2.45) is 0 Å². The van der Waals surface area contributed by atoms with Gasteiger partial charge in [0.05, 0.1) is 5.69 Å². The number of pyridine rings is 2. The van der Waals surface area contributed by atoms with Crippen molar-refractivity contribution >= 4 is 56.9 Å². The Kier molecular flexibility index (Phi) is 9.10. The van der Waals surface area contributed by atoms with Gasteiger partial charge in [0.1, 0.15) is 16.5 Å². The topological polar surface area (TPSA) is 96.2 Å². The van der Waals surface area contributed by atoms with Crippen LogP contribution in [0.2, 0.25) is 0 Å². The van der Waals surface area contributed by atoms with E-state index in [-0.39, 0.29) is 17.0 Å². The molecule has 0 radical (unpaired) electrons. The molecule has 10 heteroatoms. The Morgan fingerprint density at radius 2 is 1.85 bits per heavy atom. The number of hydrogen-bond donors (Lipinski definition) is 3. The Labute approximate surface area is 215 Å². The van der Waals surface area contributed by atoms with E-state index in [4.69, 9.17) is 0 Å². The molecule has 0 unspecified atom stereocenters. The van der Waals surface area contributed by atoms with Crippen molar-refractivity contribution in [2.45, 2.75) is 43.2 Å². The molecule has 0 spiro atoms. The Morgan fingerprint density at radius 1 is 1.12 bits per heavy atom. The van der Waals surface area contributed by atoms with Crippen molar-refractivity contribution in [1.29, 1.82) is 0 Å².